The van der Waals surface area contributed by atoms with Crippen LogP contribution in [0.1, 0.15) is 38.8 Å². The first-order valence-electron chi connectivity index (χ1n) is 9.40. The van der Waals surface area contributed by atoms with Gasteiger partial charge in [0.2, 0.25) is 0 Å². The van der Waals surface area contributed by atoms with Gasteiger partial charge in [-0.15, -0.1) is 0 Å². The van der Waals surface area contributed by atoms with E-state index >= 15 is 0 Å². The van der Waals surface area contributed by atoms with Crippen LogP contribution in [-0.2, 0) is 13.1 Å². The van der Waals surface area contributed by atoms with Gasteiger partial charge in [0.25, 0.3) is 0 Å². The first kappa shape index (κ1) is 23.0. The fraction of sp³-hybridized carbons (Fsp3) is 0.700. The van der Waals surface area contributed by atoms with Gasteiger partial charge < -0.3 is 20.4 Å². The molecule has 26 heavy (non-hydrogen) atoms. The Bertz CT molecular complexity index is 445. The highest BCUT2D eigenvalue weighted by Crippen LogP contribution is 2.12. The minimum atomic E-state index is -0.454. The zero-order valence-corrected chi connectivity index (χ0v) is 16.5. The number of hydrogen-bond acceptors (Lipinski definition) is 6. The Kier molecular flexibility index (Phi) is 10.3. The standard InChI is InChI=1S/C20H36N2O4/c1-15(23)9-21(10-16(2)24)13-19-6-5-7-20(8-19)14-22(11-17(3)25)12-18(4)26/h5-8,15-18,23-26H,9-14H2,1-4H3. The van der Waals surface area contributed by atoms with E-state index in [0.717, 1.165) is 11.1 Å². The van der Waals surface area contributed by atoms with Gasteiger partial charge in [-0.25, -0.2) is 0 Å². The average Bonchev–Trinajstić information content (AvgIpc) is 2.44. The molecular formula is C20H36N2O4. The third-order valence-corrected chi connectivity index (χ3v) is 3.89. The van der Waals surface area contributed by atoms with Crippen LogP contribution < -0.4 is 0 Å². The molecule has 4 N–H and O–H groups in total. The Balaban J connectivity index is 2.80. The highest BCUT2D eigenvalue weighted by atomic mass is 16.3. The predicted octanol–water partition coefficient (Wildman–Crippen LogP) is 0.814. The molecule has 0 saturated heterocycles. The smallest absolute Gasteiger partial charge is 0.0639 e. The molecule has 4 atom stereocenters. The maximum absolute atomic E-state index is 9.68. The zero-order valence-electron chi connectivity index (χ0n) is 16.5. The molecule has 1 aromatic carbocycles. The summed E-state index contributed by atoms with van der Waals surface area (Å²) in [6, 6.07) is 8.17. The highest BCUT2D eigenvalue weighted by Gasteiger charge is 2.14. The van der Waals surface area contributed by atoms with Crippen molar-refractivity contribution in [1.29, 1.82) is 0 Å². The van der Waals surface area contributed by atoms with Crippen LogP contribution in [-0.4, -0.2) is 80.8 Å². The first-order valence-corrected chi connectivity index (χ1v) is 9.40. The van der Waals surface area contributed by atoms with Gasteiger partial charge in [-0.2, -0.15) is 0 Å². The van der Waals surface area contributed by atoms with E-state index < -0.39 is 24.4 Å². The zero-order chi connectivity index (χ0) is 19.7. The van der Waals surface area contributed by atoms with Gasteiger partial charge >= 0.3 is 0 Å². The first-order chi connectivity index (χ1) is 12.2. The van der Waals surface area contributed by atoms with Crippen molar-refractivity contribution < 1.29 is 20.4 Å². The third-order valence-electron chi connectivity index (χ3n) is 3.89. The fourth-order valence-electron chi connectivity index (χ4n) is 3.24. The minimum absolute atomic E-state index is 0.454. The van der Waals surface area contributed by atoms with Gasteiger partial charge in [-0.3, -0.25) is 9.80 Å². The molecule has 0 aromatic heterocycles. The third kappa shape index (κ3) is 10.2. The number of nitrogens with zero attached hydrogens (tertiary/aromatic N) is 2. The molecule has 0 aliphatic carbocycles. The molecular weight excluding hydrogens is 332 g/mol. The molecule has 6 nitrogen and oxygen atoms in total. The summed E-state index contributed by atoms with van der Waals surface area (Å²) in [6.07, 6.45) is -1.82. The molecule has 0 amide bonds. The predicted molar refractivity (Wildman–Crippen MR) is 104 cm³/mol. The molecule has 0 fully saturated rings. The summed E-state index contributed by atoms with van der Waals surface area (Å²) in [5, 5.41) is 38.7. The van der Waals surface area contributed by atoms with E-state index in [-0.39, 0.29) is 0 Å². The van der Waals surface area contributed by atoms with Crippen molar-refractivity contribution in [1.82, 2.24) is 9.80 Å². The Morgan fingerprint density at radius 1 is 0.654 bits per heavy atom. The second-order valence-electron chi connectivity index (χ2n) is 7.60. The molecule has 1 rings (SSSR count). The topological polar surface area (TPSA) is 87.4 Å². The molecule has 1 aromatic rings. The van der Waals surface area contributed by atoms with Gasteiger partial charge in [-0.1, -0.05) is 24.3 Å². The van der Waals surface area contributed by atoms with Crippen LogP contribution in [0.15, 0.2) is 24.3 Å². The molecule has 0 aliphatic rings. The summed E-state index contributed by atoms with van der Waals surface area (Å²) in [4.78, 5) is 4.08. The molecule has 0 heterocycles. The summed E-state index contributed by atoms with van der Waals surface area (Å²) in [5.41, 5.74) is 2.22. The van der Waals surface area contributed by atoms with Crippen LogP contribution in [0.2, 0.25) is 0 Å². The lowest BCUT2D eigenvalue weighted by Crippen LogP contribution is -2.36. The largest absolute Gasteiger partial charge is 0.392 e. The van der Waals surface area contributed by atoms with Crippen molar-refractivity contribution in [3.8, 4) is 0 Å². The van der Waals surface area contributed by atoms with E-state index in [2.05, 4.69) is 6.07 Å². The van der Waals surface area contributed by atoms with E-state index in [0.29, 0.717) is 39.3 Å². The second-order valence-corrected chi connectivity index (χ2v) is 7.60. The number of aliphatic hydroxyl groups excluding tert-OH is 4. The van der Waals surface area contributed by atoms with Crippen molar-refractivity contribution in [2.24, 2.45) is 0 Å². The van der Waals surface area contributed by atoms with Crippen molar-refractivity contribution >= 4 is 0 Å². The molecule has 0 radical (unpaired) electrons. The molecule has 0 bridgehead atoms. The maximum atomic E-state index is 9.68. The second kappa shape index (κ2) is 11.6. The molecule has 0 saturated carbocycles. The molecule has 150 valence electrons. The van der Waals surface area contributed by atoms with Gasteiger partial charge in [0.05, 0.1) is 24.4 Å². The molecule has 0 spiro atoms. The van der Waals surface area contributed by atoms with E-state index in [9.17, 15) is 20.4 Å². The van der Waals surface area contributed by atoms with Crippen LogP contribution in [0, 0.1) is 0 Å². The Hall–Kier alpha value is -1.02. The maximum Gasteiger partial charge on any atom is 0.0639 e. The lowest BCUT2D eigenvalue weighted by molar-refractivity contribution is 0.0789. The van der Waals surface area contributed by atoms with E-state index in [1.165, 1.54) is 0 Å². The Morgan fingerprint density at radius 2 is 0.962 bits per heavy atom. The quantitative estimate of drug-likeness (QED) is 0.437. The van der Waals surface area contributed by atoms with Gasteiger partial charge in [0, 0.05) is 39.3 Å². The fourth-order valence-corrected chi connectivity index (χ4v) is 3.24. The highest BCUT2D eigenvalue weighted by molar-refractivity contribution is 5.23. The van der Waals surface area contributed by atoms with Crippen LogP contribution in [0.5, 0.6) is 0 Å². The number of hydrogen-bond donors (Lipinski definition) is 4. The van der Waals surface area contributed by atoms with Crippen molar-refractivity contribution in [3.05, 3.63) is 35.4 Å². The summed E-state index contributed by atoms with van der Waals surface area (Å²) >= 11 is 0. The minimum Gasteiger partial charge on any atom is -0.392 e. The van der Waals surface area contributed by atoms with Crippen LogP contribution >= 0.6 is 0 Å². The lowest BCUT2D eigenvalue weighted by Gasteiger charge is -2.26. The van der Waals surface area contributed by atoms with Crippen molar-refractivity contribution in [2.45, 2.75) is 65.2 Å². The normalized spacial score (nSPS) is 16.7. The van der Waals surface area contributed by atoms with E-state index in [4.69, 9.17) is 0 Å². The molecule has 4 unspecified atom stereocenters. The summed E-state index contributed by atoms with van der Waals surface area (Å²) in [7, 11) is 0. The van der Waals surface area contributed by atoms with E-state index in [1.807, 2.05) is 28.0 Å². The summed E-state index contributed by atoms with van der Waals surface area (Å²) in [6.45, 7) is 10.3. The van der Waals surface area contributed by atoms with Crippen molar-refractivity contribution in [3.63, 3.8) is 0 Å². The SMILES string of the molecule is CC(O)CN(Cc1cccc(CN(CC(C)O)CC(C)O)c1)CC(C)O. The summed E-state index contributed by atoms with van der Waals surface area (Å²) in [5.74, 6) is 0. The van der Waals surface area contributed by atoms with Crippen molar-refractivity contribution in [2.75, 3.05) is 26.2 Å². The molecule has 6 heteroatoms. The Labute approximate surface area is 157 Å². The van der Waals surface area contributed by atoms with Gasteiger partial charge in [0.1, 0.15) is 0 Å². The lowest BCUT2D eigenvalue weighted by atomic mass is 10.1. The van der Waals surface area contributed by atoms with Crippen LogP contribution in [0.3, 0.4) is 0 Å². The number of benzene rings is 1. The monoisotopic (exact) mass is 368 g/mol. The van der Waals surface area contributed by atoms with Gasteiger partial charge in [0.15, 0.2) is 0 Å². The Morgan fingerprint density at radius 3 is 1.23 bits per heavy atom. The van der Waals surface area contributed by atoms with Crippen LogP contribution in [0.4, 0.5) is 0 Å². The number of aliphatic hydroxyl groups is 4. The van der Waals surface area contributed by atoms with E-state index in [1.54, 1.807) is 27.7 Å². The average molecular weight is 369 g/mol. The van der Waals surface area contributed by atoms with Gasteiger partial charge in [-0.05, 0) is 38.8 Å². The number of rotatable bonds is 12. The summed E-state index contributed by atoms with van der Waals surface area (Å²) < 4.78 is 0. The van der Waals surface area contributed by atoms with Crippen LogP contribution in [0.25, 0.3) is 0 Å². The molecule has 0 aliphatic heterocycles.